The number of rotatable bonds is 7. The van der Waals surface area contributed by atoms with Crippen molar-refractivity contribution in [2.45, 2.75) is 30.7 Å². The molecule has 30 heavy (non-hydrogen) atoms. The third kappa shape index (κ3) is 4.86. The van der Waals surface area contributed by atoms with Gasteiger partial charge in [-0.05, 0) is 43.2 Å². The molecule has 0 bridgehead atoms. The monoisotopic (exact) mass is 417 g/mol. The van der Waals surface area contributed by atoms with Crippen LogP contribution >= 0.6 is 11.8 Å². The standard InChI is InChI=1S/C23H23N5OS/c1-16-12-13-24-23(25-16)30-15-21-27-19-14-18(9-10-20(19)28(21)2)26-22(29)11-8-17-6-4-3-5-7-17/h3-7,9-10,12-14H,8,11,15H2,1-2H3,(H,26,29). The predicted molar refractivity (Wildman–Crippen MR) is 120 cm³/mol. The number of hydrogen-bond donors (Lipinski definition) is 1. The molecule has 0 saturated carbocycles. The molecule has 2 aromatic carbocycles. The average Bonchev–Trinajstić information content (AvgIpc) is 3.06. The fourth-order valence-electron chi connectivity index (χ4n) is 3.21. The lowest BCUT2D eigenvalue weighted by Gasteiger charge is -2.06. The Morgan fingerprint density at radius 3 is 2.73 bits per heavy atom. The van der Waals surface area contributed by atoms with Gasteiger partial charge in [-0.2, -0.15) is 0 Å². The summed E-state index contributed by atoms with van der Waals surface area (Å²) in [4.78, 5) is 25.8. The van der Waals surface area contributed by atoms with E-state index in [0.717, 1.165) is 45.4 Å². The van der Waals surface area contributed by atoms with Crippen LogP contribution in [0.5, 0.6) is 0 Å². The fraction of sp³-hybridized carbons (Fsp3) is 0.217. The number of imidazole rings is 1. The van der Waals surface area contributed by atoms with Gasteiger partial charge in [0.05, 0.1) is 16.8 Å². The van der Waals surface area contributed by atoms with E-state index in [1.807, 2.05) is 68.6 Å². The van der Waals surface area contributed by atoms with E-state index < -0.39 is 0 Å². The first-order chi connectivity index (χ1) is 14.6. The quantitative estimate of drug-likeness (QED) is 0.353. The summed E-state index contributed by atoms with van der Waals surface area (Å²) in [5, 5.41) is 3.73. The molecule has 152 valence electrons. The molecule has 0 spiro atoms. The fourth-order valence-corrected chi connectivity index (χ4v) is 4.07. The number of carbonyl (C=O) groups is 1. The number of aryl methyl sites for hydroxylation is 3. The maximum absolute atomic E-state index is 12.3. The zero-order valence-electron chi connectivity index (χ0n) is 17.0. The molecule has 0 unspecified atom stereocenters. The lowest BCUT2D eigenvalue weighted by Crippen LogP contribution is -2.12. The van der Waals surface area contributed by atoms with Crippen LogP contribution in [0.1, 0.15) is 23.5 Å². The zero-order valence-corrected chi connectivity index (χ0v) is 17.8. The number of carbonyl (C=O) groups excluding carboxylic acids is 1. The van der Waals surface area contributed by atoms with E-state index in [0.29, 0.717) is 12.2 Å². The van der Waals surface area contributed by atoms with Crippen LogP contribution in [0.3, 0.4) is 0 Å². The topological polar surface area (TPSA) is 72.7 Å². The molecule has 2 heterocycles. The summed E-state index contributed by atoms with van der Waals surface area (Å²) >= 11 is 1.56. The second-order valence-corrected chi connectivity index (χ2v) is 8.04. The highest BCUT2D eigenvalue weighted by Gasteiger charge is 2.11. The van der Waals surface area contributed by atoms with Crippen LogP contribution in [0.15, 0.2) is 66.0 Å². The third-order valence-electron chi connectivity index (χ3n) is 4.84. The maximum Gasteiger partial charge on any atom is 0.224 e. The van der Waals surface area contributed by atoms with E-state index in [-0.39, 0.29) is 5.91 Å². The second kappa shape index (κ2) is 9.09. The van der Waals surface area contributed by atoms with Crippen molar-refractivity contribution in [3.63, 3.8) is 0 Å². The molecule has 4 rings (SSSR count). The molecule has 0 atom stereocenters. The molecular formula is C23H23N5OS. The minimum absolute atomic E-state index is 0.00140. The van der Waals surface area contributed by atoms with Crippen LogP contribution in [0.4, 0.5) is 5.69 Å². The molecule has 0 aliphatic rings. The van der Waals surface area contributed by atoms with Crippen LogP contribution < -0.4 is 5.32 Å². The molecular weight excluding hydrogens is 394 g/mol. The maximum atomic E-state index is 12.3. The third-order valence-corrected chi connectivity index (χ3v) is 5.70. The number of nitrogens with zero attached hydrogens (tertiary/aromatic N) is 4. The normalized spacial score (nSPS) is 11.0. The van der Waals surface area contributed by atoms with Crippen molar-refractivity contribution in [1.82, 2.24) is 19.5 Å². The Morgan fingerprint density at radius 1 is 1.10 bits per heavy atom. The van der Waals surface area contributed by atoms with Gasteiger partial charge in [0.25, 0.3) is 0 Å². The van der Waals surface area contributed by atoms with Gasteiger partial charge in [-0.3, -0.25) is 4.79 Å². The highest BCUT2D eigenvalue weighted by atomic mass is 32.2. The van der Waals surface area contributed by atoms with Gasteiger partial charge in [0.2, 0.25) is 5.91 Å². The summed E-state index contributed by atoms with van der Waals surface area (Å²) in [7, 11) is 2.00. The summed E-state index contributed by atoms with van der Waals surface area (Å²) in [5.74, 6) is 1.61. The van der Waals surface area contributed by atoms with Gasteiger partial charge in [0.1, 0.15) is 5.82 Å². The Kier molecular flexibility index (Phi) is 6.09. The Hall–Kier alpha value is -3.19. The van der Waals surface area contributed by atoms with Gasteiger partial charge in [0, 0.05) is 31.0 Å². The SMILES string of the molecule is Cc1ccnc(SCc2nc3cc(NC(=O)CCc4ccccc4)ccc3n2C)n1. The largest absolute Gasteiger partial charge is 0.330 e. The summed E-state index contributed by atoms with van der Waals surface area (Å²) < 4.78 is 2.07. The predicted octanol–water partition coefficient (Wildman–Crippen LogP) is 4.54. The van der Waals surface area contributed by atoms with Crippen LogP contribution in [-0.2, 0) is 24.0 Å². The molecule has 6 nitrogen and oxygen atoms in total. The molecule has 0 fully saturated rings. The summed E-state index contributed by atoms with van der Waals surface area (Å²) in [6.45, 7) is 1.95. The van der Waals surface area contributed by atoms with E-state index in [1.54, 1.807) is 18.0 Å². The first-order valence-corrected chi connectivity index (χ1v) is 10.8. The van der Waals surface area contributed by atoms with Gasteiger partial charge in [0.15, 0.2) is 5.16 Å². The molecule has 0 aliphatic carbocycles. The Labute approximate surface area is 179 Å². The molecule has 1 amide bonds. The minimum Gasteiger partial charge on any atom is -0.330 e. The van der Waals surface area contributed by atoms with E-state index in [9.17, 15) is 4.79 Å². The van der Waals surface area contributed by atoms with Gasteiger partial charge < -0.3 is 9.88 Å². The van der Waals surface area contributed by atoms with Crippen molar-refractivity contribution in [2.24, 2.45) is 7.05 Å². The molecule has 1 N–H and O–H groups in total. The Balaban J connectivity index is 1.41. The average molecular weight is 418 g/mol. The molecule has 7 heteroatoms. The van der Waals surface area contributed by atoms with E-state index in [4.69, 9.17) is 4.98 Å². The number of hydrogen-bond acceptors (Lipinski definition) is 5. The van der Waals surface area contributed by atoms with Crippen molar-refractivity contribution in [1.29, 1.82) is 0 Å². The molecule has 0 aliphatic heterocycles. The summed E-state index contributed by atoms with van der Waals surface area (Å²) in [6, 6.07) is 17.8. The number of anilines is 1. The Morgan fingerprint density at radius 2 is 1.93 bits per heavy atom. The number of aromatic nitrogens is 4. The molecule has 0 radical (unpaired) electrons. The first-order valence-electron chi connectivity index (χ1n) is 9.80. The van der Waals surface area contributed by atoms with Gasteiger partial charge in [-0.1, -0.05) is 42.1 Å². The number of thioether (sulfide) groups is 1. The summed E-state index contributed by atoms with van der Waals surface area (Å²) in [5.41, 5.74) is 4.76. The minimum atomic E-state index is 0.00140. The molecule has 2 aromatic heterocycles. The second-order valence-electron chi connectivity index (χ2n) is 7.09. The number of nitrogens with one attached hydrogen (secondary N) is 1. The lowest BCUT2D eigenvalue weighted by atomic mass is 10.1. The first kappa shape index (κ1) is 20.1. The van der Waals surface area contributed by atoms with Crippen molar-refractivity contribution in [3.8, 4) is 0 Å². The smallest absolute Gasteiger partial charge is 0.224 e. The van der Waals surface area contributed by atoms with Crippen LogP contribution in [0.2, 0.25) is 0 Å². The van der Waals surface area contributed by atoms with E-state index in [1.165, 1.54) is 0 Å². The van der Waals surface area contributed by atoms with Crippen molar-refractivity contribution < 1.29 is 4.79 Å². The number of fused-ring (bicyclic) bond motifs is 1. The van der Waals surface area contributed by atoms with E-state index >= 15 is 0 Å². The van der Waals surface area contributed by atoms with E-state index in [2.05, 4.69) is 19.9 Å². The molecule has 4 aromatic rings. The number of amides is 1. The van der Waals surface area contributed by atoms with Crippen molar-refractivity contribution in [3.05, 3.63) is 77.9 Å². The van der Waals surface area contributed by atoms with Gasteiger partial charge >= 0.3 is 0 Å². The lowest BCUT2D eigenvalue weighted by molar-refractivity contribution is -0.116. The highest BCUT2D eigenvalue weighted by Crippen LogP contribution is 2.24. The molecule has 0 saturated heterocycles. The Bertz CT molecular complexity index is 1170. The van der Waals surface area contributed by atoms with Gasteiger partial charge in [-0.25, -0.2) is 15.0 Å². The number of benzene rings is 2. The summed E-state index contributed by atoms with van der Waals surface area (Å²) in [6.07, 6.45) is 2.94. The van der Waals surface area contributed by atoms with Crippen LogP contribution in [0.25, 0.3) is 11.0 Å². The van der Waals surface area contributed by atoms with Gasteiger partial charge in [-0.15, -0.1) is 0 Å². The van der Waals surface area contributed by atoms with Crippen LogP contribution in [-0.4, -0.2) is 25.4 Å². The van der Waals surface area contributed by atoms with Crippen molar-refractivity contribution >= 4 is 34.4 Å². The zero-order chi connectivity index (χ0) is 20.9. The van der Waals surface area contributed by atoms with Crippen molar-refractivity contribution in [2.75, 3.05) is 5.32 Å². The highest BCUT2D eigenvalue weighted by molar-refractivity contribution is 7.98. The van der Waals surface area contributed by atoms with Crippen LogP contribution in [0, 0.1) is 6.92 Å².